The number of aryl methyl sites for hydroxylation is 1. The summed E-state index contributed by atoms with van der Waals surface area (Å²) in [6, 6.07) is 2.49. The van der Waals surface area contributed by atoms with Crippen LogP contribution in [0.3, 0.4) is 0 Å². The van der Waals surface area contributed by atoms with Crippen molar-refractivity contribution in [2.24, 2.45) is 0 Å². The third-order valence-corrected chi connectivity index (χ3v) is 5.39. The first-order valence-electron chi connectivity index (χ1n) is 8.13. The van der Waals surface area contributed by atoms with E-state index in [0.29, 0.717) is 5.69 Å². The molecule has 0 saturated heterocycles. The van der Waals surface area contributed by atoms with Gasteiger partial charge in [0.25, 0.3) is 0 Å². The normalized spacial score (nSPS) is 12.0. The molecule has 26 heavy (non-hydrogen) atoms. The molecular formula is C17H28N4O4S. The summed E-state index contributed by atoms with van der Waals surface area (Å²) in [7, 11) is -0.673. The Hall–Kier alpha value is -2.13. The van der Waals surface area contributed by atoms with Gasteiger partial charge in [0.2, 0.25) is 15.9 Å². The third kappa shape index (κ3) is 5.99. The van der Waals surface area contributed by atoms with Gasteiger partial charge >= 0.3 is 6.03 Å². The van der Waals surface area contributed by atoms with E-state index in [1.54, 1.807) is 33.8 Å². The lowest BCUT2D eigenvalue weighted by atomic mass is 10.1. The first-order chi connectivity index (χ1) is 11.7. The maximum atomic E-state index is 12.3. The van der Waals surface area contributed by atoms with Crippen molar-refractivity contribution in [2.45, 2.75) is 45.1 Å². The molecule has 0 radical (unpaired) electrons. The first-order valence-corrected chi connectivity index (χ1v) is 9.57. The number of hydrogen-bond donors (Lipinski definition) is 3. The lowest BCUT2D eigenvalue weighted by molar-refractivity contribution is -0.118. The van der Waals surface area contributed by atoms with E-state index in [4.69, 9.17) is 0 Å². The van der Waals surface area contributed by atoms with Crippen LogP contribution < -0.4 is 16.0 Å². The molecule has 9 heteroatoms. The maximum absolute atomic E-state index is 12.3. The van der Waals surface area contributed by atoms with Crippen molar-refractivity contribution in [3.8, 4) is 0 Å². The molecule has 0 aromatic heterocycles. The Kier molecular flexibility index (Phi) is 6.78. The standard InChI is InChI=1S/C17H28N4O4S/c1-11-8-13(26(24,25)21(6)7)9-14(12(11)2)18-10-15(22)19-16(23)20-17(3,4)5/h8-9,18H,10H2,1-7H3,(H2,19,20,22,23). The van der Waals surface area contributed by atoms with E-state index in [1.807, 2.05) is 6.92 Å². The van der Waals surface area contributed by atoms with Gasteiger partial charge < -0.3 is 10.6 Å². The molecule has 0 spiro atoms. The number of amides is 3. The van der Waals surface area contributed by atoms with Gasteiger partial charge in [-0.2, -0.15) is 0 Å². The van der Waals surface area contributed by atoms with Crippen LogP contribution in [-0.4, -0.2) is 50.8 Å². The van der Waals surface area contributed by atoms with Gasteiger partial charge in [-0.1, -0.05) is 0 Å². The number of benzene rings is 1. The number of anilines is 1. The Morgan fingerprint density at radius 2 is 1.69 bits per heavy atom. The van der Waals surface area contributed by atoms with Crippen LogP contribution >= 0.6 is 0 Å². The second kappa shape index (κ2) is 8.05. The molecule has 3 amide bonds. The highest BCUT2D eigenvalue weighted by molar-refractivity contribution is 7.89. The number of carbonyl (C=O) groups is 2. The second-order valence-corrected chi connectivity index (χ2v) is 9.46. The van der Waals surface area contributed by atoms with Crippen molar-refractivity contribution in [1.29, 1.82) is 0 Å². The summed E-state index contributed by atoms with van der Waals surface area (Å²) in [6.07, 6.45) is 0. The van der Waals surface area contributed by atoms with Crippen LogP contribution in [0.2, 0.25) is 0 Å². The van der Waals surface area contributed by atoms with Crippen LogP contribution in [0.1, 0.15) is 31.9 Å². The van der Waals surface area contributed by atoms with Crippen molar-refractivity contribution in [3.05, 3.63) is 23.3 Å². The van der Waals surface area contributed by atoms with Gasteiger partial charge in [0, 0.05) is 25.3 Å². The zero-order valence-corrected chi connectivity index (χ0v) is 17.2. The Labute approximate surface area is 155 Å². The molecule has 146 valence electrons. The van der Waals surface area contributed by atoms with E-state index in [0.717, 1.165) is 15.4 Å². The smallest absolute Gasteiger partial charge is 0.321 e. The van der Waals surface area contributed by atoms with Gasteiger partial charge in [-0.3, -0.25) is 10.1 Å². The molecule has 0 aliphatic rings. The van der Waals surface area contributed by atoms with Crippen molar-refractivity contribution in [2.75, 3.05) is 26.0 Å². The molecular weight excluding hydrogens is 356 g/mol. The molecule has 0 heterocycles. The molecule has 1 aromatic carbocycles. The fourth-order valence-corrected chi connectivity index (χ4v) is 3.10. The first kappa shape index (κ1) is 21.9. The number of imide groups is 1. The minimum Gasteiger partial charge on any atom is -0.376 e. The van der Waals surface area contributed by atoms with E-state index >= 15 is 0 Å². The molecule has 3 N–H and O–H groups in total. The van der Waals surface area contributed by atoms with Crippen LogP contribution in [0.25, 0.3) is 0 Å². The van der Waals surface area contributed by atoms with Gasteiger partial charge in [0.1, 0.15) is 0 Å². The summed E-state index contributed by atoms with van der Waals surface area (Å²) in [5.74, 6) is -0.523. The molecule has 0 aliphatic carbocycles. The summed E-state index contributed by atoms with van der Waals surface area (Å²) < 4.78 is 25.8. The molecule has 1 rings (SSSR count). The minimum atomic E-state index is -3.59. The average molecular weight is 385 g/mol. The van der Waals surface area contributed by atoms with Crippen molar-refractivity contribution in [1.82, 2.24) is 14.9 Å². The number of hydrogen-bond acceptors (Lipinski definition) is 5. The van der Waals surface area contributed by atoms with Crippen molar-refractivity contribution < 1.29 is 18.0 Å². The maximum Gasteiger partial charge on any atom is 0.321 e. The fraction of sp³-hybridized carbons (Fsp3) is 0.529. The van der Waals surface area contributed by atoms with Gasteiger partial charge in [0.05, 0.1) is 11.4 Å². The van der Waals surface area contributed by atoms with Gasteiger partial charge in [-0.05, 0) is 57.9 Å². The molecule has 0 bridgehead atoms. The van der Waals surface area contributed by atoms with E-state index < -0.39 is 27.5 Å². The number of carbonyl (C=O) groups excluding carboxylic acids is 2. The Balaban J connectivity index is 2.89. The van der Waals surface area contributed by atoms with Crippen LogP contribution in [0.5, 0.6) is 0 Å². The topological polar surface area (TPSA) is 108 Å². The number of urea groups is 1. The Morgan fingerprint density at radius 3 is 2.19 bits per heavy atom. The second-order valence-electron chi connectivity index (χ2n) is 7.31. The minimum absolute atomic E-state index is 0.138. The summed E-state index contributed by atoms with van der Waals surface area (Å²) in [4.78, 5) is 23.8. The highest BCUT2D eigenvalue weighted by atomic mass is 32.2. The highest BCUT2D eigenvalue weighted by Gasteiger charge is 2.20. The largest absolute Gasteiger partial charge is 0.376 e. The Morgan fingerprint density at radius 1 is 1.12 bits per heavy atom. The molecule has 0 saturated carbocycles. The summed E-state index contributed by atoms with van der Waals surface area (Å²) >= 11 is 0. The SMILES string of the molecule is Cc1cc(S(=O)(=O)N(C)C)cc(NCC(=O)NC(=O)NC(C)(C)C)c1C. The van der Waals surface area contributed by atoms with Crippen LogP contribution in [0, 0.1) is 13.8 Å². The zero-order valence-electron chi connectivity index (χ0n) is 16.4. The van der Waals surface area contributed by atoms with E-state index in [-0.39, 0.29) is 11.4 Å². The molecule has 0 aliphatic heterocycles. The summed E-state index contributed by atoms with van der Waals surface area (Å²) in [5, 5.41) is 7.75. The van der Waals surface area contributed by atoms with Gasteiger partial charge in [0.15, 0.2) is 0 Å². The number of nitrogens with zero attached hydrogens (tertiary/aromatic N) is 1. The molecule has 0 atom stereocenters. The van der Waals surface area contributed by atoms with Crippen LogP contribution in [0.4, 0.5) is 10.5 Å². The van der Waals surface area contributed by atoms with E-state index in [2.05, 4.69) is 16.0 Å². The molecule has 0 fully saturated rings. The predicted octanol–water partition coefficient (Wildman–Crippen LogP) is 1.59. The average Bonchev–Trinajstić information content (AvgIpc) is 2.46. The third-order valence-electron chi connectivity index (χ3n) is 3.60. The number of rotatable bonds is 5. The van der Waals surface area contributed by atoms with Gasteiger partial charge in [-0.25, -0.2) is 17.5 Å². The monoisotopic (exact) mass is 384 g/mol. The Bertz CT molecular complexity index is 796. The van der Waals surface area contributed by atoms with Crippen molar-refractivity contribution >= 4 is 27.6 Å². The van der Waals surface area contributed by atoms with Gasteiger partial charge in [-0.15, -0.1) is 0 Å². The summed E-state index contributed by atoms with van der Waals surface area (Å²) in [5.41, 5.74) is 1.67. The lowest BCUT2D eigenvalue weighted by Crippen LogP contribution is -2.49. The van der Waals surface area contributed by atoms with Crippen LogP contribution in [0.15, 0.2) is 17.0 Å². The number of nitrogens with one attached hydrogen (secondary N) is 3. The quantitative estimate of drug-likeness (QED) is 0.715. The van der Waals surface area contributed by atoms with E-state index in [9.17, 15) is 18.0 Å². The highest BCUT2D eigenvalue weighted by Crippen LogP contribution is 2.25. The van der Waals surface area contributed by atoms with Crippen LogP contribution in [-0.2, 0) is 14.8 Å². The lowest BCUT2D eigenvalue weighted by Gasteiger charge is -2.20. The number of sulfonamides is 1. The molecule has 1 aromatic rings. The summed E-state index contributed by atoms with van der Waals surface area (Å²) in [6.45, 7) is 8.87. The fourth-order valence-electron chi connectivity index (χ4n) is 2.09. The van der Waals surface area contributed by atoms with E-state index in [1.165, 1.54) is 20.2 Å². The zero-order chi connectivity index (χ0) is 20.3. The molecule has 8 nitrogen and oxygen atoms in total. The predicted molar refractivity (Wildman–Crippen MR) is 102 cm³/mol. The molecule has 0 unspecified atom stereocenters. The van der Waals surface area contributed by atoms with Crippen molar-refractivity contribution in [3.63, 3.8) is 0 Å².